The second-order valence-electron chi connectivity index (χ2n) is 3.99. The van der Waals surface area contributed by atoms with Crippen molar-refractivity contribution >= 4 is 5.91 Å². The molecule has 0 spiro atoms. The number of amides is 1. The molecule has 2 atom stereocenters. The molecule has 3 N–H and O–H groups in total. The first-order valence-electron chi connectivity index (χ1n) is 5.79. The summed E-state index contributed by atoms with van der Waals surface area (Å²) in [6, 6.07) is 7.05. The molecule has 0 fully saturated rings. The van der Waals surface area contributed by atoms with Crippen molar-refractivity contribution in [1.29, 1.82) is 0 Å². The number of carbonyl (C=O) groups is 1. The van der Waals surface area contributed by atoms with Crippen molar-refractivity contribution in [3.05, 3.63) is 29.8 Å². The molecule has 1 rings (SSSR count). The molecule has 0 radical (unpaired) electrons. The van der Waals surface area contributed by atoms with Crippen molar-refractivity contribution in [2.45, 2.75) is 32.4 Å². The van der Waals surface area contributed by atoms with Gasteiger partial charge in [0.1, 0.15) is 5.75 Å². The molecule has 0 aliphatic carbocycles. The van der Waals surface area contributed by atoms with E-state index in [0.29, 0.717) is 6.42 Å². The molecule has 0 bridgehead atoms. The second-order valence-corrected chi connectivity index (χ2v) is 3.99. The smallest absolute Gasteiger partial charge is 0.237 e. The summed E-state index contributed by atoms with van der Waals surface area (Å²) >= 11 is 0. The van der Waals surface area contributed by atoms with Gasteiger partial charge in [-0.15, -0.1) is 0 Å². The zero-order chi connectivity index (χ0) is 12.8. The topological polar surface area (TPSA) is 64.4 Å². The molecule has 0 aromatic heterocycles. The van der Waals surface area contributed by atoms with Crippen LogP contribution in [0.2, 0.25) is 0 Å². The molecule has 94 valence electrons. The lowest BCUT2D eigenvalue weighted by atomic mass is 10.1. The van der Waals surface area contributed by atoms with Gasteiger partial charge in [0.05, 0.1) is 19.2 Å². The zero-order valence-corrected chi connectivity index (χ0v) is 10.6. The Balaban J connectivity index is 2.76. The summed E-state index contributed by atoms with van der Waals surface area (Å²) in [5, 5.41) is 2.88. The van der Waals surface area contributed by atoms with Crippen LogP contribution < -0.4 is 15.8 Å². The zero-order valence-electron chi connectivity index (χ0n) is 10.6. The minimum atomic E-state index is -0.452. The van der Waals surface area contributed by atoms with Crippen LogP contribution in [-0.4, -0.2) is 19.1 Å². The van der Waals surface area contributed by atoms with Crippen molar-refractivity contribution < 1.29 is 9.53 Å². The molecular formula is C13H20N2O2. The first-order chi connectivity index (χ1) is 8.10. The Morgan fingerprint density at radius 1 is 1.47 bits per heavy atom. The maximum atomic E-state index is 11.7. The van der Waals surface area contributed by atoms with Crippen molar-refractivity contribution in [2.75, 3.05) is 7.11 Å². The average molecular weight is 236 g/mol. The molecule has 4 heteroatoms. The summed E-state index contributed by atoms with van der Waals surface area (Å²) in [6.07, 6.45) is 0.629. The molecule has 17 heavy (non-hydrogen) atoms. The normalized spacial score (nSPS) is 13.9. The van der Waals surface area contributed by atoms with E-state index in [9.17, 15) is 4.79 Å². The fraction of sp³-hybridized carbons (Fsp3) is 0.462. The van der Waals surface area contributed by atoms with Crippen LogP contribution >= 0.6 is 0 Å². The number of nitrogens with two attached hydrogens (primary N) is 1. The Labute approximate surface area is 102 Å². The molecule has 0 saturated carbocycles. The summed E-state index contributed by atoms with van der Waals surface area (Å²) in [6.45, 7) is 3.80. The van der Waals surface area contributed by atoms with E-state index in [1.807, 2.05) is 38.1 Å². The maximum absolute atomic E-state index is 11.7. The maximum Gasteiger partial charge on any atom is 0.237 e. The third-order valence-corrected chi connectivity index (χ3v) is 2.74. The number of hydrogen-bond acceptors (Lipinski definition) is 3. The minimum Gasteiger partial charge on any atom is -0.496 e. The van der Waals surface area contributed by atoms with E-state index in [1.54, 1.807) is 7.11 Å². The van der Waals surface area contributed by atoms with Crippen LogP contribution in [0, 0.1) is 0 Å². The van der Waals surface area contributed by atoms with Gasteiger partial charge in [0, 0.05) is 5.56 Å². The Hall–Kier alpha value is -1.55. The lowest BCUT2D eigenvalue weighted by molar-refractivity contribution is -0.123. The summed E-state index contributed by atoms with van der Waals surface area (Å²) in [5.74, 6) is 0.635. The van der Waals surface area contributed by atoms with Gasteiger partial charge in [-0.05, 0) is 19.4 Å². The number of ether oxygens (including phenoxy) is 1. The standard InChI is InChI=1S/C13H20N2O2/c1-4-11(14)13(16)15-9(2)10-7-5-6-8-12(10)17-3/h5-9,11H,4,14H2,1-3H3,(H,15,16)/t9-,11+/m0/s1. The van der Waals surface area contributed by atoms with Crippen LogP contribution in [0.25, 0.3) is 0 Å². The lowest BCUT2D eigenvalue weighted by Gasteiger charge is -2.19. The van der Waals surface area contributed by atoms with E-state index in [4.69, 9.17) is 10.5 Å². The highest BCUT2D eigenvalue weighted by atomic mass is 16.5. The summed E-state index contributed by atoms with van der Waals surface area (Å²) in [4.78, 5) is 11.7. The second kappa shape index (κ2) is 6.25. The molecule has 1 amide bonds. The summed E-state index contributed by atoms with van der Waals surface area (Å²) in [7, 11) is 1.62. The molecule has 0 aliphatic heterocycles. The number of hydrogen-bond donors (Lipinski definition) is 2. The van der Waals surface area contributed by atoms with Gasteiger partial charge in [-0.3, -0.25) is 4.79 Å². The predicted molar refractivity (Wildman–Crippen MR) is 67.8 cm³/mol. The molecule has 1 aromatic carbocycles. The van der Waals surface area contributed by atoms with Gasteiger partial charge in [-0.25, -0.2) is 0 Å². The van der Waals surface area contributed by atoms with Gasteiger partial charge in [-0.2, -0.15) is 0 Å². The third kappa shape index (κ3) is 3.46. The molecule has 0 heterocycles. The first-order valence-corrected chi connectivity index (χ1v) is 5.79. The van der Waals surface area contributed by atoms with E-state index in [-0.39, 0.29) is 11.9 Å². The molecule has 0 aliphatic rings. The Kier molecular flexibility index (Phi) is 4.97. The van der Waals surface area contributed by atoms with E-state index >= 15 is 0 Å². The van der Waals surface area contributed by atoms with Crippen LogP contribution in [0.4, 0.5) is 0 Å². The van der Waals surface area contributed by atoms with Gasteiger partial charge in [0.2, 0.25) is 5.91 Å². The Morgan fingerprint density at radius 2 is 2.12 bits per heavy atom. The van der Waals surface area contributed by atoms with Crippen molar-refractivity contribution in [3.8, 4) is 5.75 Å². The fourth-order valence-electron chi connectivity index (χ4n) is 1.61. The fourth-order valence-corrected chi connectivity index (χ4v) is 1.61. The van der Waals surface area contributed by atoms with Gasteiger partial charge in [0.25, 0.3) is 0 Å². The van der Waals surface area contributed by atoms with Crippen LogP contribution in [0.5, 0.6) is 5.75 Å². The van der Waals surface area contributed by atoms with Crippen LogP contribution in [0.1, 0.15) is 31.9 Å². The number of carbonyl (C=O) groups excluding carboxylic acids is 1. The monoisotopic (exact) mass is 236 g/mol. The average Bonchev–Trinajstić information content (AvgIpc) is 2.37. The molecule has 0 saturated heterocycles. The number of para-hydroxylation sites is 1. The third-order valence-electron chi connectivity index (χ3n) is 2.74. The minimum absolute atomic E-state index is 0.115. The number of benzene rings is 1. The van der Waals surface area contributed by atoms with E-state index in [1.165, 1.54) is 0 Å². The predicted octanol–water partition coefficient (Wildman–Crippen LogP) is 1.61. The highest BCUT2D eigenvalue weighted by Crippen LogP contribution is 2.24. The summed E-state index contributed by atoms with van der Waals surface area (Å²) < 4.78 is 5.25. The van der Waals surface area contributed by atoms with E-state index in [2.05, 4.69) is 5.32 Å². The van der Waals surface area contributed by atoms with E-state index < -0.39 is 6.04 Å². The van der Waals surface area contributed by atoms with Crippen LogP contribution in [0.3, 0.4) is 0 Å². The SMILES string of the molecule is CC[C@@H](N)C(=O)N[C@@H](C)c1ccccc1OC. The van der Waals surface area contributed by atoms with E-state index in [0.717, 1.165) is 11.3 Å². The van der Waals surface area contributed by atoms with Gasteiger partial charge in [0.15, 0.2) is 0 Å². The van der Waals surface area contributed by atoms with Crippen LogP contribution in [0.15, 0.2) is 24.3 Å². The molecular weight excluding hydrogens is 216 g/mol. The Morgan fingerprint density at radius 3 is 2.71 bits per heavy atom. The molecule has 4 nitrogen and oxygen atoms in total. The molecule has 0 unspecified atom stereocenters. The number of methoxy groups -OCH3 is 1. The van der Waals surface area contributed by atoms with Gasteiger partial charge in [-0.1, -0.05) is 25.1 Å². The number of nitrogens with one attached hydrogen (secondary N) is 1. The van der Waals surface area contributed by atoms with Crippen molar-refractivity contribution in [1.82, 2.24) is 5.32 Å². The van der Waals surface area contributed by atoms with Crippen molar-refractivity contribution in [2.24, 2.45) is 5.73 Å². The van der Waals surface area contributed by atoms with Crippen molar-refractivity contribution in [3.63, 3.8) is 0 Å². The molecule has 1 aromatic rings. The highest BCUT2D eigenvalue weighted by molar-refractivity contribution is 5.81. The van der Waals surface area contributed by atoms with Crippen LogP contribution in [-0.2, 0) is 4.79 Å². The van der Waals surface area contributed by atoms with Gasteiger partial charge < -0.3 is 15.8 Å². The number of rotatable bonds is 5. The Bertz CT molecular complexity index is 379. The quantitative estimate of drug-likeness (QED) is 0.816. The largest absolute Gasteiger partial charge is 0.496 e. The van der Waals surface area contributed by atoms with Gasteiger partial charge >= 0.3 is 0 Å². The summed E-state index contributed by atoms with van der Waals surface area (Å²) in [5.41, 5.74) is 6.62. The highest BCUT2D eigenvalue weighted by Gasteiger charge is 2.16. The lowest BCUT2D eigenvalue weighted by Crippen LogP contribution is -2.41. The first kappa shape index (κ1) is 13.5.